The lowest BCUT2D eigenvalue weighted by Gasteiger charge is -2.45. The third kappa shape index (κ3) is 1.84. The second-order valence-corrected chi connectivity index (χ2v) is 7.27. The maximum atomic E-state index is 12.4. The summed E-state index contributed by atoms with van der Waals surface area (Å²) in [4.78, 5) is 14.5. The van der Waals surface area contributed by atoms with Gasteiger partial charge in [0.2, 0.25) is 0 Å². The molecule has 118 valence electrons. The van der Waals surface area contributed by atoms with Crippen LogP contribution in [-0.4, -0.2) is 30.2 Å². The zero-order chi connectivity index (χ0) is 15.3. The number of fused-ring (bicyclic) bond motifs is 1. The van der Waals surface area contributed by atoms with Gasteiger partial charge in [0.25, 0.3) is 0 Å². The fourth-order valence-corrected chi connectivity index (χ4v) is 5.30. The first kappa shape index (κ1) is 14.1. The molecule has 0 unspecified atom stereocenters. The fraction of sp³-hybridized carbons (Fsp3) is 0.632. The molecule has 0 aromatic heterocycles. The van der Waals surface area contributed by atoms with Gasteiger partial charge in [-0.15, -0.1) is 0 Å². The third-order valence-corrected chi connectivity index (χ3v) is 6.15. The molecule has 1 aromatic carbocycles. The summed E-state index contributed by atoms with van der Waals surface area (Å²) in [6.07, 6.45) is 5.97. The molecular formula is C19H25NO2. The number of nitrogens with zero attached hydrogens (tertiary/aromatic N) is 1. The van der Waals surface area contributed by atoms with E-state index < -0.39 is 0 Å². The van der Waals surface area contributed by atoms with Crippen molar-refractivity contribution in [1.29, 1.82) is 0 Å². The van der Waals surface area contributed by atoms with E-state index in [4.69, 9.17) is 4.74 Å². The summed E-state index contributed by atoms with van der Waals surface area (Å²) in [5.74, 6) is 0.625. The van der Waals surface area contributed by atoms with Crippen molar-refractivity contribution in [2.75, 3.05) is 13.2 Å². The van der Waals surface area contributed by atoms with Gasteiger partial charge in [-0.2, -0.15) is 0 Å². The average Bonchev–Trinajstić information content (AvgIpc) is 2.78. The van der Waals surface area contributed by atoms with Gasteiger partial charge in [-0.05, 0) is 50.2 Å². The van der Waals surface area contributed by atoms with Crippen LogP contribution >= 0.6 is 0 Å². The summed E-state index contributed by atoms with van der Waals surface area (Å²) in [5.41, 5.74) is 4.52. The largest absolute Gasteiger partial charge is 0.450 e. The van der Waals surface area contributed by atoms with E-state index in [-0.39, 0.29) is 11.5 Å². The molecule has 3 aliphatic rings. The second-order valence-electron chi connectivity index (χ2n) is 7.27. The predicted molar refractivity (Wildman–Crippen MR) is 86.0 cm³/mol. The second kappa shape index (κ2) is 5.00. The standard InChI is InChI=1S/C19H25NO2/c1-3-22-18(21)20-12-19-9-5-4-6-15(19)17(20)11-14-8-7-13(2)10-16(14)19/h7-8,10,15,17H,3-6,9,11-12H2,1-2H3/t15-,17+,19+/m1/s1. The Morgan fingerprint density at radius 3 is 3.09 bits per heavy atom. The van der Waals surface area contributed by atoms with Crippen LogP contribution in [0.15, 0.2) is 18.2 Å². The van der Waals surface area contributed by atoms with Crippen molar-refractivity contribution >= 4 is 6.09 Å². The molecule has 3 atom stereocenters. The van der Waals surface area contributed by atoms with Crippen molar-refractivity contribution in [2.24, 2.45) is 5.92 Å². The van der Waals surface area contributed by atoms with Crippen molar-refractivity contribution in [1.82, 2.24) is 4.90 Å². The van der Waals surface area contributed by atoms with Crippen molar-refractivity contribution in [2.45, 2.75) is 57.4 Å². The quantitative estimate of drug-likeness (QED) is 0.789. The van der Waals surface area contributed by atoms with E-state index in [2.05, 4.69) is 30.0 Å². The molecule has 2 aliphatic carbocycles. The van der Waals surface area contributed by atoms with Gasteiger partial charge in [-0.25, -0.2) is 4.79 Å². The van der Waals surface area contributed by atoms with Gasteiger partial charge in [0.15, 0.2) is 0 Å². The maximum absolute atomic E-state index is 12.4. The number of likely N-dealkylation sites (tertiary alicyclic amines) is 1. The van der Waals surface area contributed by atoms with Crippen LogP contribution in [0.1, 0.15) is 49.3 Å². The Hall–Kier alpha value is -1.51. The molecule has 3 heteroatoms. The predicted octanol–water partition coefficient (Wildman–Crippen LogP) is 3.82. The van der Waals surface area contributed by atoms with Crippen molar-refractivity contribution in [3.05, 3.63) is 34.9 Å². The summed E-state index contributed by atoms with van der Waals surface area (Å²) in [7, 11) is 0. The minimum absolute atomic E-state index is 0.106. The van der Waals surface area contributed by atoms with Crippen LogP contribution in [0.3, 0.4) is 0 Å². The molecule has 4 rings (SSSR count). The molecule has 2 bridgehead atoms. The summed E-state index contributed by atoms with van der Waals surface area (Å²) >= 11 is 0. The zero-order valence-corrected chi connectivity index (χ0v) is 13.6. The van der Waals surface area contributed by atoms with Crippen LogP contribution in [0.2, 0.25) is 0 Å². The minimum Gasteiger partial charge on any atom is -0.450 e. The molecular weight excluding hydrogens is 274 g/mol. The first-order valence-electron chi connectivity index (χ1n) is 8.69. The number of hydrogen-bond donors (Lipinski definition) is 0. The molecule has 0 spiro atoms. The van der Waals surface area contributed by atoms with Crippen LogP contribution in [0.5, 0.6) is 0 Å². The topological polar surface area (TPSA) is 29.5 Å². The van der Waals surface area contributed by atoms with Crippen molar-refractivity contribution in [3.8, 4) is 0 Å². The number of benzene rings is 1. The van der Waals surface area contributed by atoms with Crippen LogP contribution in [0.4, 0.5) is 4.79 Å². The Kier molecular flexibility index (Phi) is 3.21. The Balaban J connectivity index is 1.80. The molecule has 3 nitrogen and oxygen atoms in total. The number of hydrogen-bond acceptors (Lipinski definition) is 2. The number of carbonyl (C=O) groups is 1. The molecule has 1 amide bonds. The Labute approximate surface area is 132 Å². The Morgan fingerprint density at radius 1 is 1.41 bits per heavy atom. The van der Waals surface area contributed by atoms with Crippen molar-refractivity contribution < 1.29 is 9.53 Å². The summed E-state index contributed by atoms with van der Waals surface area (Å²) in [6.45, 7) is 5.39. The Bertz CT molecular complexity index is 611. The number of aryl methyl sites for hydroxylation is 1. The molecule has 1 aromatic rings. The molecule has 1 saturated heterocycles. The highest BCUT2D eigenvalue weighted by Crippen LogP contribution is 2.56. The van der Waals surface area contributed by atoms with Crippen molar-refractivity contribution in [3.63, 3.8) is 0 Å². The van der Waals surface area contributed by atoms with Gasteiger partial charge in [0.1, 0.15) is 0 Å². The number of ether oxygens (including phenoxy) is 1. The van der Waals surface area contributed by atoms with Crippen LogP contribution < -0.4 is 0 Å². The number of carbonyl (C=O) groups excluding carboxylic acids is 1. The summed E-state index contributed by atoms with van der Waals surface area (Å²) in [5, 5.41) is 0. The highest BCUT2D eigenvalue weighted by atomic mass is 16.6. The number of amides is 1. The molecule has 0 radical (unpaired) electrons. The maximum Gasteiger partial charge on any atom is 0.410 e. The third-order valence-electron chi connectivity index (χ3n) is 6.15. The van der Waals surface area contributed by atoms with Gasteiger partial charge in [0, 0.05) is 18.0 Å². The SMILES string of the molecule is CCOC(=O)N1C[C@@]23CCCC[C@@H]2[C@@H]1Cc1ccc(C)cc13. The van der Waals surface area contributed by atoms with E-state index in [1.807, 2.05) is 6.92 Å². The lowest BCUT2D eigenvalue weighted by molar-refractivity contribution is 0.0979. The lowest BCUT2D eigenvalue weighted by atomic mass is 9.58. The number of rotatable bonds is 1. The van der Waals surface area contributed by atoms with E-state index in [0.717, 1.165) is 13.0 Å². The van der Waals surface area contributed by atoms with E-state index in [0.29, 0.717) is 18.6 Å². The van der Waals surface area contributed by atoms with Crippen LogP contribution in [-0.2, 0) is 16.6 Å². The van der Waals surface area contributed by atoms with E-state index >= 15 is 0 Å². The Morgan fingerprint density at radius 2 is 2.27 bits per heavy atom. The zero-order valence-electron chi connectivity index (χ0n) is 13.6. The summed E-state index contributed by atoms with van der Waals surface area (Å²) in [6, 6.07) is 7.24. The van der Waals surface area contributed by atoms with E-state index in [1.54, 1.807) is 0 Å². The molecule has 22 heavy (non-hydrogen) atoms. The minimum atomic E-state index is -0.106. The van der Waals surface area contributed by atoms with Gasteiger partial charge in [0.05, 0.1) is 6.61 Å². The molecule has 1 heterocycles. The first-order valence-corrected chi connectivity index (χ1v) is 8.69. The lowest BCUT2D eigenvalue weighted by Crippen LogP contribution is -2.44. The van der Waals surface area contributed by atoms with E-state index in [9.17, 15) is 4.79 Å². The van der Waals surface area contributed by atoms with Crippen LogP contribution in [0.25, 0.3) is 0 Å². The van der Waals surface area contributed by atoms with Gasteiger partial charge >= 0.3 is 6.09 Å². The van der Waals surface area contributed by atoms with Gasteiger partial charge in [-0.1, -0.05) is 36.6 Å². The normalized spacial score (nSPS) is 32.4. The highest BCUT2D eigenvalue weighted by molar-refractivity contribution is 5.70. The van der Waals surface area contributed by atoms with E-state index in [1.165, 1.54) is 42.4 Å². The molecule has 2 fully saturated rings. The summed E-state index contributed by atoms with van der Waals surface area (Å²) < 4.78 is 5.35. The fourth-order valence-electron chi connectivity index (χ4n) is 5.30. The van der Waals surface area contributed by atoms with Crippen LogP contribution in [0, 0.1) is 12.8 Å². The smallest absolute Gasteiger partial charge is 0.410 e. The first-order chi connectivity index (χ1) is 10.7. The monoisotopic (exact) mass is 299 g/mol. The molecule has 0 N–H and O–H groups in total. The molecule has 1 saturated carbocycles. The van der Waals surface area contributed by atoms with Gasteiger partial charge < -0.3 is 9.64 Å². The highest BCUT2D eigenvalue weighted by Gasteiger charge is 2.58. The average molecular weight is 299 g/mol. The molecule has 1 aliphatic heterocycles. The van der Waals surface area contributed by atoms with Gasteiger partial charge in [-0.3, -0.25) is 0 Å².